The maximum absolute atomic E-state index is 12.3. The molecule has 0 aliphatic carbocycles. The van der Waals surface area contributed by atoms with Crippen LogP contribution in [0.5, 0.6) is 0 Å². The van der Waals surface area contributed by atoms with Crippen molar-refractivity contribution in [3.8, 4) is 39.1 Å². The number of benzene rings is 7. The number of aliphatic hydroxyl groups is 1. The second-order valence-corrected chi connectivity index (χ2v) is 19.5. The van der Waals surface area contributed by atoms with Gasteiger partial charge in [-0.2, -0.15) is 0 Å². The van der Waals surface area contributed by atoms with E-state index in [1.54, 1.807) is 0 Å². The van der Waals surface area contributed by atoms with E-state index in [1.807, 2.05) is 20.0 Å². The van der Waals surface area contributed by atoms with Crippen LogP contribution in [-0.2, 0) is 5.50 Å². The Kier molecular flexibility index (Phi) is 10.7. The fraction of sp³-hybridized carbons (Fsp3) is 0.0488. The molecule has 1 N–H and O–H groups in total. The van der Waals surface area contributed by atoms with Crippen molar-refractivity contribution in [1.82, 2.24) is 9.55 Å². The molecule has 61 heavy (non-hydrogen) atoms. The van der Waals surface area contributed by atoms with Gasteiger partial charge >= 0.3 is 0 Å². The quantitative estimate of drug-likeness (QED) is 0.135. The van der Waals surface area contributed by atoms with Gasteiger partial charge in [-0.15, -0.1) is 38.2 Å². The fourth-order valence-electron chi connectivity index (χ4n) is 10.2. The van der Waals surface area contributed by atoms with Gasteiger partial charge in [-0.25, -0.2) is 4.98 Å². The molecule has 8 rings (SSSR count). The first-order chi connectivity index (χ1) is 28.6. The third kappa shape index (κ3) is 6.43. The van der Waals surface area contributed by atoms with E-state index in [9.17, 15) is 5.11 Å². The molecule has 1 aromatic heterocycles. The van der Waals surface area contributed by atoms with E-state index in [1.165, 1.54) is 120 Å². The first-order valence-electron chi connectivity index (χ1n) is 22.1. The average molecular weight is 768 g/mol. The van der Waals surface area contributed by atoms with Crippen LogP contribution in [-0.4, -0.2) is 148 Å². The number of rotatable bonds is 6. The molecule has 0 fully saturated rings. The van der Waals surface area contributed by atoms with Gasteiger partial charge < -0.3 is 5.11 Å². The molecule has 1 atom stereocenters. The topological polar surface area (TPSA) is 38.0 Å². The lowest BCUT2D eigenvalue weighted by Crippen LogP contribution is -2.55. The van der Waals surface area contributed by atoms with Crippen LogP contribution < -0.4 is 71.0 Å². The number of para-hydroxylation sites is 2. The molecule has 278 valence electrons. The van der Waals surface area contributed by atoms with Crippen molar-refractivity contribution in [2.45, 2.75) is 10.6 Å². The third-order valence-corrected chi connectivity index (χ3v) is 15.7. The molecular formula is C41H47B17N2O. The van der Waals surface area contributed by atoms with E-state index in [0.717, 1.165) is 22.3 Å². The summed E-state index contributed by atoms with van der Waals surface area (Å²) in [4.78, 5) is 5.13. The molecule has 7 aromatic carbocycles. The summed E-state index contributed by atoms with van der Waals surface area (Å²) < 4.78 is 2.19. The highest BCUT2D eigenvalue weighted by Gasteiger charge is 2.41. The molecule has 0 saturated heterocycles. The fourth-order valence-corrected chi connectivity index (χ4v) is 10.2. The van der Waals surface area contributed by atoms with Gasteiger partial charge in [-0.1, -0.05) is 86.4 Å². The zero-order valence-corrected chi connectivity index (χ0v) is 39.8. The summed E-state index contributed by atoms with van der Waals surface area (Å²) in [5.41, 5.74) is 26.7. The lowest BCUT2D eigenvalue weighted by atomic mass is 9.32. The Bertz CT molecular complexity index is 3080. The van der Waals surface area contributed by atoms with Gasteiger partial charge in [0.25, 0.3) is 0 Å². The molecule has 3 nitrogen and oxygen atoms in total. The van der Waals surface area contributed by atoms with Crippen molar-refractivity contribution in [3.05, 3.63) is 78.6 Å². The van der Waals surface area contributed by atoms with E-state index in [4.69, 9.17) is 4.98 Å². The zero-order chi connectivity index (χ0) is 44.4. The van der Waals surface area contributed by atoms with Crippen LogP contribution >= 0.6 is 0 Å². The Morgan fingerprint density at radius 1 is 0.410 bits per heavy atom. The van der Waals surface area contributed by atoms with Gasteiger partial charge in [-0.05, 0) is 79.2 Å². The molecule has 0 radical (unpaired) electrons. The molecule has 0 spiro atoms. The van der Waals surface area contributed by atoms with Gasteiger partial charge in [-0.3, -0.25) is 4.57 Å². The van der Waals surface area contributed by atoms with Crippen molar-refractivity contribution in [3.63, 3.8) is 0 Å². The minimum atomic E-state index is -1.21. The van der Waals surface area contributed by atoms with Crippen molar-refractivity contribution < 1.29 is 5.11 Å². The minimum absolute atomic E-state index is 0.464. The van der Waals surface area contributed by atoms with Crippen molar-refractivity contribution >= 4 is 237 Å². The van der Waals surface area contributed by atoms with E-state index in [0.29, 0.717) is 5.82 Å². The van der Waals surface area contributed by atoms with Crippen LogP contribution in [0.25, 0.3) is 71.6 Å². The second kappa shape index (κ2) is 15.1. The number of aromatic nitrogens is 2. The average Bonchev–Trinajstić information content (AvgIpc) is 3.64. The minimum Gasteiger partial charge on any atom is -0.393 e. The lowest BCUT2D eigenvalue weighted by Gasteiger charge is -2.37. The van der Waals surface area contributed by atoms with Crippen LogP contribution in [0.1, 0.15) is 5.82 Å². The first-order valence-corrected chi connectivity index (χ1v) is 22.1. The number of fused-ring (bicyclic) bond motifs is 3. The Morgan fingerprint density at radius 2 is 0.803 bits per heavy atom. The van der Waals surface area contributed by atoms with Crippen molar-refractivity contribution in [2.24, 2.45) is 0 Å². The highest BCUT2D eigenvalue weighted by atomic mass is 16.3. The van der Waals surface area contributed by atoms with Gasteiger partial charge in [0.15, 0.2) is 7.85 Å². The Labute approximate surface area is 377 Å². The normalized spacial score (nSPS) is 12.9. The van der Waals surface area contributed by atoms with Crippen LogP contribution in [0.2, 0.25) is 5.11 Å². The summed E-state index contributed by atoms with van der Waals surface area (Å²) in [6, 6.07) is 26.7. The molecule has 0 amide bonds. The maximum atomic E-state index is 12.3. The molecule has 20 heteroatoms. The SMILES string of the molecule is Bc1c(B)c(B)c(-c2ccc(-c3c4c(B)c(B)c(B)c(B)c4c(-c4cccc(-n5c(C(B)(O)C(B)(B)B)nc6ccccc65)c4)c4c(B)c(B)c(B)c(B)c34)cc2)c(B)c1B. The standard InChI is InChI=1S/C41H47B17N2O/c42-26-21(27(43)33(49)38(54)32(26)48)14-10-8-13(9-11-14)19-22-24(30(46)36(52)34(50)28(22)44)20(25-23(19)29(45)35(51)37(53)31(25)47)15-4-3-5-16(12-15)60-18-7-2-1-6-17(18)59-39(60)40(55,61)41(56,57)58/h1-12,61H,42-58H2. The van der Waals surface area contributed by atoms with E-state index in [2.05, 4.69) is 191 Å². The zero-order valence-electron chi connectivity index (χ0n) is 39.8. The summed E-state index contributed by atoms with van der Waals surface area (Å²) >= 11 is 0. The molecule has 0 bridgehead atoms. The summed E-state index contributed by atoms with van der Waals surface area (Å²) in [5.74, 6) is 0.644. The van der Waals surface area contributed by atoms with Gasteiger partial charge in [0.05, 0.1) is 40.1 Å². The molecule has 0 aliphatic heterocycles. The van der Waals surface area contributed by atoms with Crippen molar-refractivity contribution in [2.75, 3.05) is 0 Å². The van der Waals surface area contributed by atoms with Crippen LogP contribution in [0.3, 0.4) is 0 Å². The Morgan fingerprint density at radius 3 is 1.26 bits per heavy atom. The molecule has 0 aliphatic rings. The van der Waals surface area contributed by atoms with E-state index >= 15 is 0 Å². The summed E-state index contributed by atoms with van der Waals surface area (Å²) in [6.07, 6.45) is 0. The van der Waals surface area contributed by atoms with Crippen LogP contribution in [0.15, 0.2) is 72.8 Å². The number of nitrogens with zero attached hydrogens (tertiary/aromatic N) is 2. The van der Waals surface area contributed by atoms with Crippen molar-refractivity contribution in [1.29, 1.82) is 0 Å². The highest BCUT2D eigenvalue weighted by molar-refractivity contribution is 6.72. The predicted octanol–water partition coefficient (Wildman–Crippen LogP) is -16.6. The van der Waals surface area contributed by atoms with E-state index in [-0.39, 0.29) is 0 Å². The Hall–Kier alpha value is -4.41. The van der Waals surface area contributed by atoms with E-state index < -0.39 is 10.6 Å². The molecule has 1 unspecified atom stereocenters. The third-order valence-electron chi connectivity index (χ3n) is 15.7. The first kappa shape index (κ1) is 43.3. The number of hydrogen-bond donors (Lipinski definition) is 1. The van der Waals surface area contributed by atoms with Gasteiger partial charge in [0, 0.05) is 5.69 Å². The number of imidazole rings is 1. The highest BCUT2D eigenvalue weighted by Crippen LogP contribution is 2.43. The molecular weight excluding hydrogens is 720 g/mol. The second-order valence-electron chi connectivity index (χ2n) is 19.5. The summed E-state index contributed by atoms with van der Waals surface area (Å²) in [6.45, 7) is 0. The summed E-state index contributed by atoms with van der Waals surface area (Å²) in [5, 5.41) is 17.1. The smallest absolute Gasteiger partial charge is 0.150 e. The Balaban J connectivity index is 1.51. The predicted molar refractivity (Wildman–Crippen MR) is 319 cm³/mol. The van der Waals surface area contributed by atoms with Gasteiger partial charge in [0.1, 0.15) is 108 Å². The van der Waals surface area contributed by atoms with Crippen LogP contribution in [0, 0.1) is 0 Å². The molecule has 0 saturated carbocycles. The largest absolute Gasteiger partial charge is 0.393 e. The monoisotopic (exact) mass is 771 g/mol. The van der Waals surface area contributed by atoms with Gasteiger partial charge in [0.2, 0.25) is 0 Å². The number of hydrogen-bond acceptors (Lipinski definition) is 2. The summed E-state index contributed by atoms with van der Waals surface area (Å²) in [7, 11) is 38.0. The lowest BCUT2D eigenvalue weighted by molar-refractivity contribution is 0.118. The maximum Gasteiger partial charge on any atom is 0.150 e. The van der Waals surface area contributed by atoms with Crippen LogP contribution in [0.4, 0.5) is 0 Å². The molecule has 1 heterocycles. The molecule has 8 aromatic rings.